The Hall–Kier alpha value is -3.12. The van der Waals surface area contributed by atoms with Gasteiger partial charge in [-0.25, -0.2) is 14.8 Å². The molecule has 0 atom stereocenters. The van der Waals surface area contributed by atoms with Crippen molar-refractivity contribution in [3.63, 3.8) is 0 Å². The van der Waals surface area contributed by atoms with Gasteiger partial charge < -0.3 is 15.0 Å². The van der Waals surface area contributed by atoms with E-state index in [-0.39, 0.29) is 5.56 Å². The molecule has 0 saturated heterocycles. The number of rotatable bonds is 11. The van der Waals surface area contributed by atoms with Gasteiger partial charge in [-0.3, -0.25) is 0 Å². The fourth-order valence-corrected chi connectivity index (χ4v) is 4.27. The van der Waals surface area contributed by atoms with E-state index >= 15 is 0 Å². The number of anilines is 1. The van der Waals surface area contributed by atoms with Crippen LogP contribution in [-0.2, 0) is 11.3 Å². The third-order valence-corrected chi connectivity index (χ3v) is 6.28. The fourth-order valence-electron chi connectivity index (χ4n) is 4.15. The van der Waals surface area contributed by atoms with Gasteiger partial charge in [0.15, 0.2) is 5.65 Å². The summed E-state index contributed by atoms with van der Waals surface area (Å²) in [7, 11) is 0. The Bertz CT molecular complexity index is 1270. The first kappa shape index (κ1) is 24.0. The highest BCUT2D eigenvalue weighted by molar-refractivity contribution is 6.30. The molecule has 6 nitrogen and oxygen atoms in total. The van der Waals surface area contributed by atoms with Gasteiger partial charge in [-0.05, 0) is 36.2 Å². The van der Waals surface area contributed by atoms with Crippen LogP contribution in [0.15, 0.2) is 48.5 Å². The highest BCUT2D eigenvalue weighted by atomic mass is 35.5. The van der Waals surface area contributed by atoms with Crippen LogP contribution in [0.25, 0.3) is 22.2 Å². The van der Waals surface area contributed by atoms with Gasteiger partial charge in [-0.15, -0.1) is 0 Å². The van der Waals surface area contributed by atoms with Crippen molar-refractivity contribution in [1.82, 2.24) is 14.5 Å². The molecule has 0 amide bonds. The number of esters is 1. The van der Waals surface area contributed by atoms with Crippen LogP contribution in [0.1, 0.15) is 67.8 Å². The zero-order valence-corrected chi connectivity index (χ0v) is 20.4. The molecule has 0 unspecified atom stereocenters. The maximum Gasteiger partial charge on any atom is 0.344 e. The summed E-state index contributed by atoms with van der Waals surface area (Å²) in [6, 6.07) is 15.1. The number of halogens is 1. The van der Waals surface area contributed by atoms with Crippen LogP contribution < -0.4 is 5.73 Å². The van der Waals surface area contributed by atoms with E-state index in [2.05, 4.69) is 6.92 Å². The monoisotopic (exact) mass is 478 g/mol. The molecule has 34 heavy (non-hydrogen) atoms. The highest BCUT2D eigenvalue weighted by Crippen LogP contribution is 2.29. The number of hydrogen-bond donors (Lipinski definition) is 1. The first-order valence-corrected chi connectivity index (χ1v) is 12.4. The fraction of sp³-hybridized carbons (Fsp3) is 0.370. The lowest BCUT2D eigenvalue weighted by molar-refractivity contribution is 0.0501. The lowest BCUT2D eigenvalue weighted by Gasteiger charge is -2.08. The molecule has 178 valence electrons. The SMILES string of the molecule is CCCCCCCCCOC(=O)c1c(N)n(Cc2ccc(Cl)cc2)c2nc3ccccc3nc12. The van der Waals surface area contributed by atoms with Crippen LogP contribution >= 0.6 is 11.6 Å². The maximum absolute atomic E-state index is 13.1. The summed E-state index contributed by atoms with van der Waals surface area (Å²) in [5, 5.41) is 0.662. The number of carbonyl (C=O) groups is 1. The predicted octanol–water partition coefficient (Wildman–Crippen LogP) is 6.78. The number of benzene rings is 2. The van der Waals surface area contributed by atoms with Gasteiger partial charge in [-0.2, -0.15) is 0 Å². The molecular formula is C27H31ClN4O2. The minimum Gasteiger partial charge on any atom is -0.462 e. The quantitative estimate of drug-likeness (QED) is 0.190. The number of nitrogens with two attached hydrogens (primary N) is 1. The molecule has 2 aromatic carbocycles. The molecule has 0 aliphatic rings. The number of fused-ring (bicyclic) bond motifs is 2. The van der Waals surface area contributed by atoms with Crippen molar-refractivity contribution in [1.29, 1.82) is 0 Å². The first-order chi connectivity index (χ1) is 16.6. The van der Waals surface area contributed by atoms with Crippen LogP contribution in [0.5, 0.6) is 0 Å². The van der Waals surface area contributed by atoms with Gasteiger partial charge in [0.2, 0.25) is 0 Å². The second-order valence-electron chi connectivity index (χ2n) is 8.61. The number of nitrogens with zero attached hydrogens (tertiary/aromatic N) is 3. The smallest absolute Gasteiger partial charge is 0.344 e. The van der Waals surface area contributed by atoms with Crippen LogP contribution in [0.2, 0.25) is 5.02 Å². The summed E-state index contributed by atoms with van der Waals surface area (Å²) in [4.78, 5) is 22.6. The molecule has 2 aromatic heterocycles. The number of carbonyl (C=O) groups excluding carboxylic acids is 1. The van der Waals surface area contributed by atoms with Crippen LogP contribution in [0, 0.1) is 0 Å². The van der Waals surface area contributed by atoms with Gasteiger partial charge in [0.1, 0.15) is 16.9 Å². The third kappa shape index (κ3) is 5.50. The summed E-state index contributed by atoms with van der Waals surface area (Å²) < 4.78 is 7.44. The third-order valence-electron chi connectivity index (χ3n) is 6.03. The van der Waals surface area contributed by atoms with Crippen molar-refractivity contribution in [2.24, 2.45) is 0 Å². The minimum atomic E-state index is -0.451. The molecule has 0 radical (unpaired) electrons. The Labute approximate surface area is 205 Å². The van der Waals surface area contributed by atoms with E-state index in [0.717, 1.165) is 30.3 Å². The molecule has 4 aromatic rings. The van der Waals surface area contributed by atoms with Crippen LogP contribution in [0.3, 0.4) is 0 Å². The molecule has 0 fully saturated rings. The number of nitrogen functional groups attached to an aromatic ring is 1. The molecule has 0 saturated carbocycles. The summed E-state index contributed by atoms with van der Waals surface area (Å²) in [6.07, 6.45) is 8.08. The topological polar surface area (TPSA) is 83.0 Å². The minimum absolute atomic E-state index is 0.283. The van der Waals surface area contributed by atoms with Gasteiger partial charge in [0, 0.05) is 5.02 Å². The van der Waals surface area contributed by atoms with E-state index < -0.39 is 5.97 Å². The van der Waals surface area contributed by atoms with Crippen molar-refractivity contribution in [2.75, 3.05) is 12.3 Å². The zero-order chi connectivity index (χ0) is 23.9. The van der Waals surface area contributed by atoms with Gasteiger partial charge >= 0.3 is 5.97 Å². The van der Waals surface area contributed by atoms with Crippen LogP contribution in [-0.4, -0.2) is 27.1 Å². The largest absolute Gasteiger partial charge is 0.462 e. The van der Waals surface area contributed by atoms with Gasteiger partial charge in [0.05, 0.1) is 24.2 Å². The van der Waals surface area contributed by atoms with Gasteiger partial charge in [-0.1, -0.05) is 81.3 Å². The summed E-state index contributed by atoms with van der Waals surface area (Å²) in [6.45, 7) is 3.03. The molecule has 4 rings (SSSR count). The van der Waals surface area contributed by atoms with E-state index in [4.69, 9.17) is 32.0 Å². The molecule has 2 N–H and O–H groups in total. The standard InChI is InChI=1S/C27H31ClN4O2/c1-2-3-4-5-6-7-10-17-34-27(33)23-24-26(31-22-12-9-8-11-21(22)30-24)32(25(23)29)18-19-13-15-20(28)16-14-19/h8-9,11-16H,2-7,10,17-18,29H2,1H3. The van der Waals surface area contributed by atoms with Crippen molar-refractivity contribution in [3.8, 4) is 0 Å². The molecule has 0 bridgehead atoms. The van der Waals surface area contributed by atoms with E-state index in [9.17, 15) is 4.79 Å². The summed E-state index contributed by atoms with van der Waals surface area (Å²) in [5.74, 6) is -0.141. The second kappa shape index (κ2) is 11.3. The van der Waals surface area contributed by atoms with E-state index in [1.54, 1.807) is 0 Å². The normalized spacial score (nSPS) is 11.4. The second-order valence-corrected chi connectivity index (χ2v) is 9.05. The Morgan fingerprint density at radius 1 is 0.941 bits per heavy atom. The average molecular weight is 479 g/mol. The highest BCUT2D eigenvalue weighted by Gasteiger charge is 2.25. The molecule has 0 aliphatic heterocycles. The number of para-hydroxylation sites is 2. The zero-order valence-electron chi connectivity index (χ0n) is 19.6. The lowest BCUT2D eigenvalue weighted by atomic mass is 10.1. The van der Waals surface area contributed by atoms with Crippen molar-refractivity contribution in [3.05, 3.63) is 64.7 Å². The maximum atomic E-state index is 13.1. The number of aromatic nitrogens is 3. The number of ether oxygens (including phenoxy) is 1. The van der Waals surface area contributed by atoms with E-state index in [1.165, 1.54) is 25.7 Å². The Balaban J connectivity index is 1.58. The summed E-state index contributed by atoms with van der Waals surface area (Å²) >= 11 is 6.04. The molecule has 7 heteroatoms. The van der Waals surface area contributed by atoms with E-state index in [0.29, 0.717) is 40.7 Å². The van der Waals surface area contributed by atoms with E-state index in [1.807, 2.05) is 53.1 Å². The molecule has 0 spiro atoms. The number of hydrogen-bond acceptors (Lipinski definition) is 5. The van der Waals surface area contributed by atoms with Crippen LogP contribution in [0.4, 0.5) is 5.82 Å². The Morgan fingerprint density at radius 3 is 2.29 bits per heavy atom. The Morgan fingerprint density at radius 2 is 1.59 bits per heavy atom. The van der Waals surface area contributed by atoms with Gasteiger partial charge in [0.25, 0.3) is 0 Å². The Kier molecular flexibility index (Phi) is 8.01. The summed E-state index contributed by atoms with van der Waals surface area (Å²) in [5.41, 5.74) is 10.3. The lowest BCUT2D eigenvalue weighted by Crippen LogP contribution is -2.11. The first-order valence-electron chi connectivity index (χ1n) is 12.0. The van der Waals surface area contributed by atoms with Crippen molar-refractivity contribution >= 4 is 45.6 Å². The molecular weight excluding hydrogens is 448 g/mol. The van der Waals surface area contributed by atoms with Crippen molar-refractivity contribution in [2.45, 2.75) is 58.4 Å². The average Bonchev–Trinajstić information content (AvgIpc) is 3.10. The molecule has 0 aliphatic carbocycles. The predicted molar refractivity (Wildman–Crippen MR) is 138 cm³/mol. The van der Waals surface area contributed by atoms with Crippen molar-refractivity contribution < 1.29 is 9.53 Å². The number of unbranched alkanes of at least 4 members (excludes halogenated alkanes) is 6. The molecule has 2 heterocycles.